The smallest absolute Gasteiger partial charge is 0.223 e. The number of rotatable bonds is 3. The number of aryl methyl sites for hydroxylation is 1. The second kappa shape index (κ2) is 4.61. The minimum absolute atomic E-state index is 0.0724. The van der Waals surface area contributed by atoms with E-state index < -0.39 is 0 Å². The summed E-state index contributed by atoms with van der Waals surface area (Å²) in [4.78, 5) is 11.8. The summed E-state index contributed by atoms with van der Waals surface area (Å²) in [6.45, 7) is 0.432. The van der Waals surface area contributed by atoms with Gasteiger partial charge in [-0.2, -0.15) is 0 Å². The third-order valence-electron chi connectivity index (χ3n) is 3.07. The van der Waals surface area contributed by atoms with Gasteiger partial charge >= 0.3 is 0 Å². The van der Waals surface area contributed by atoms with Gasteiger partial charge < -0.3 is 15.6 Å². The largest absolute Gasteiger partial charge is 0.349 e. The van der Waals surface area contributed by atoms with Gasteiger partial charge in [0, 0.05) is 19.0 Å². The Hall–Kier alpha value is -1.43. The summed E-state index contributed by atoms with van der Waals surface area (Å²) in [6, 6.07) is 0.186. The zero-order valence-electron chi connectivity index (χ0n) is 9.39. The minimum atomic E-state index is 0.0724. The molecule has 0 saturated heterocycles. The molecule has 6 nitrogen and oxygen atoms in total. The number of amides is 1. The van der Waals surface area contributed by atoms with Gasteiger partial charge in [-0.15, -0.1) is 10.2 Å². The van der Waals surface area contributed by atoms with Gasteiger partial charge in [-0.1, -0.05) is 0 Å². The van der Waals surface area contributed by atoms with Crippen LogP contribution in [0.2, 0.25) is 0 Å². The van der Waals surface area contributed by atoms with Gasteiger partial charge in [-0.25, -0.2) is 0 Å². The summed E-state index contributed by atoms with van der Waals surface area (Å²) in [6.07, 6.45) is 4.26. The maximum Gasteiger partial charge on any atom is 0.223 e. The molecule has 1 aromatic heterocycles. The summed E-state index contributed by atoms with van der Waals surface area (Å²) < 4.78 is 1.79. The van der Waals surface area contributed by atoms with Crippen molar-refractivity contribution in [3.05, 3.63) is 12.2 Å². The van der Waals surface area contributed by atoms with E-state index in [0.717, 1.165) is 25.1 Å². The number of aromatic nitrogens is 3. The molecule has 0 bridgehead atoms. The van der Waals surface area contributed by atoms with Gasteiger partial charge in [0.25, 0.3) is 0 Å². The van der Waals surface area contributed by atoms with E-state index in [0.29, 0.717) is 6.54 Å². The van der Waals surface area contributed by atoms with Crippen molar-refractivity contribution in [3.8, 4) is 0 Å². The first kappa shape index (κ1) is 11.1. The van der Waals surface area contributed by atoms with Crippen molar-refractivity contribution in [1.82, 2.24) is 20.1 Å². The normalized spacial score (nSPS) is 24.6. The molecule has 3 N–H and O–H groups in total. The van der Waals surface area contributed by atoms with E-state index in [1.54, 1.807) is 10.9 Å². The Kier molecular flexibility index (Phi) is 3.19. The van der Waals surface area contributed by atoms with E-state index in [1.165, 1.54) is 0 Å². The average Bonchev–Trinajstić information content (AvgIpc) is 2.84. The number of carbonyl (C=O) groups is 1. The van der Waals surface area contributed by atoms with Crippen LogP contribution in [0.25, 0.3) is 0 Å². The standard InChI is InChI=1S/C10H17N5O/c1-15-6-13-14-9(15)5-12-10(16)7-2-3-8(11)4-7/h6-8H,2-5,11H2,1H3,(H,12,16). The highest BCUT2D eigenvalue weighted by Gasteiger charge is 2.27. The molecule has 2 atom stereocenters. The van der Waals surface area contributed by atoms with Gasteiger partial charge in [0.1, 0.15) is 6.33 Å². The SMILES string of the molecule is Cn1cnnc1CNC(=O)C1CCC(N)C1. The maximum atomic E-state index is 11.8. The monoisotopic (exact) mass is 223 g/mol. The predicted octanol–water partition coefficient (Wildman–Crippen LogP) is -0.441. The molecule has 1 saturated carbocycles. The first-order chi connectivity index (χ1) is 7.66. The Morgan fingerprint density at radius 1 is 1.69 bits per heavy atom. The van der Waals surface area contributed by atoms with Crippen molar-refractivity contribution >= 4 is 5.91 Å². The number of hydrogen-bond acceptors (Lipinski definition) is 4. The Labute approximate surface area is 94.2 Å². The molecule has 88 valence electrons. The van der Waals surface area contributed by atoms with Crippen LogP contribution >= 0.6 is 0 Å². The van der Waals surface area contributed by atoms with Crippen molar-refractivity contribution in [2.45, 2.75) is 31.8 Å². The highest BCUT2D eigenvalue weighted by molar-refractivity contribution is 5.78. The lowest BCUT2D eigenvalue weighted by Gasteiger charge is -2.10. The van der Waals surface area contributed by atoms with Crippen molar-refractivity contribution in [3.63, 3.8) is 0 Å². The van der Waals surface area contributed by atoms with Crippen LogP contribution in [0.5, 0.6) is 0 Å². The molecule has 1 aromatic rings. The molecule has 1 aliphatic rings. The lowest BCUT2D eigenvalue weighted by Crippen LogP contribution is -2.30. The van der Waals surface area contributed by atoms with E-state index in [2.05, 4.69) is 15.5 Å². The summed E-state index contributed by atoms with van der Waals surface area (Å²) >= 11 is 0. The van der Waals surface area contributed by atoms with Gasteiger partial charge in [-0.05, 0) is 19.3 Å². The highest BCUT2D eigenvalue weighted by Crippen LogP contribution is 2.23. The van der Waals surface area contributed by atoms with Gasteiger partial charge in [0.15, 0.2) is 5.82 Å². The van der Waals surface area contributed by atoms with Crippen LogP contribution in [0.1, 0.15) is 25.1 Å². The Morgan fingerprint density at radius 3 is 3.06 bits per heavy atom. The van der Waals surface area contributed by atoms with Gasteiger partial charge in [-0.3, -0.25) is 4.79 Å². The summed E-state index contributed by atoms with van der Waals surface area (Å²) in [5, 5.41) is 10.5. The van der Waals surface area contributed by atoms with Crippen LogP contribution in [-0.4, -0.2) is 26.7 Å². The first-order valence-corrected chi connectivity index (χ1v) is 5.53. The fourth-order valence-electron chi connectivity index (χ4n) is 2.03. The number of hydrogen-bond donors (Lipinski definition) is 2. The van der Waals surface area contributed by atoms with Crippen LogP contribution < -0.4 is 11.1 Å². The van der Waals surface area contributed by atoms with E-state index >= 15 is 0 Å². The summed E-state index contributed by atoms with van der Waals surface area (Å²) in [7, 11) is 1.85. The summed E-state index contributed by atoms with van der Waals surface area (Å²) in [5.74, 6) is 0.912. The molecule has 1 fully saturated rings. The molecule has 0 aromatic carbocycles. The van der Waals surface area contributed by atoms with Crippen LogP contribution in [0.3, 0.4) is 0 Å². The molecule has 1 heterocycles. The van der Waals surface area contributed by atoms with Gasteiger partial charge in [0.05, 0.1) is 6.54 Å². The molecule has 1 aliphatic carbocycles. The number of carbonyl (C=O) groups excluding carboxylic acids is 1. The van der Waals surface area contributed by atoms with E-state index in [4.69, 9.17) is 5.73 Å². The molecule has 0 radical (unpaired) electrons. The molecule has 16 heavy (non-hydrogen) atoms. The maximum absolute atomic E-state index is 11.8. The molecule has 6 heteroatoms. The first-order valence-electron chi connectivity index (χ1n) is 5.53. The third-order valence-corrected chi connectivity index (χ3v) is 3.07. The average molecular weight is 223 g/mol. The van der Waals surface area contributed by atoms with Crippen molar-refractivity contribution < 1.29 is 4.79 Å². The lowest BCUT2D eigenvalue weighted by atomic mass is 10.1. The van der Waals surface area contributed by atoms with Crippen molar-refractivity contribution in [2.75, 3.05) is 0 Å². The summed E-state index contributed by atoms with van der Waals surface area (Å²) in [5.41, 5.74) is 5.77. The second-order valence-corrected chi connectivity index (χ2v) is 4.35. The fourth-order valence-corrected chi connectivity index (χ4v) is 2.03. The van der Waals surface area contributed by atoms with Crippen molar-refractivity contribution in [2.24, 2.45) is 18.7 Å². The lowest BCUT2D eigenvalue weighted by molar-refractivity contribution is -0.125. The molecular weight excluding hydrogens is 206 g/mol. The molecule has 1 amide bonds. The second-order valence-electron chi connectivity index (χ2n) is 4.35. The van der Waals surface area contributed by atoms with Crippen LogP contribution in [0, 0.1) is 5.92 Å². The van der Waals surface area contributed by atoms with E-state index in [9.17, 15) is 4.79 Å². The predicted molar refractivity (Wildman–Crippen MR) is 58.2 cm³/mol. The number of nitrogens with one attached hydrogen (secondary N) is 1. The Morgan fingerprint density at radius 2 is 2.50 bits per heavy atom. The highest BCUT2D eigenvalue weighted by atomic mass is 16.1. The molecule has 2 unspecified atom stereocenters. The quantitative estimate of drug-likeness (QED) is 0.727. The van der Waals surface area contributed by atoms with E-state index in [1.807, 2.05) is 7.05 Å². The van der Waals surface area contributed by atoms with Gasteiger partial charge in [0.2, 0.25) is 5.91 Å². The molecule has 0 aliphatic heterocycles. The van der Waals surface area contributed by atoms with E-state index in [-0.39, 0.29) is 17.9 Å². The third kappa shape index (κ3) is 2.38. The van der Waals surface area contributed by atoms with Crippen molar-refractivity contribution in [1.29, 1.82) is 0 Å². The number of nitrogens with two attached hydrogens (primary N) is 1. The molecule has 0 spiro atoms. The van der Waals surface area contributed by atoms with Crippen LogP contribution in [0.4, 0.5) is 0 Å². The number of nitrogens with zero attached hydrogens (tertiary/aromatic N) is 3. The minimum Gasteiger partial charge on any atom is -0.349 e. The Bertz CT molecular complexity index is 375. The van der Waals surface area contributed by atoms with Crippen LogP contribution in [0.15, 0.2) is 6.33 Å². The zero-order valence-corrected chi connectivity index (χ0v) is 9.39. The fraction of sp³-hybridized carbons (Fsp3) is 0.700. The Balaban J connectivity index is 1.82. The zero-order chi connectivity index (χ0) is 11.5. The van der Waals surface area contributed by atoms with Crippen LogP contribution in [-0.2, 0) is 18.4 Å². The molecular formula is C10H17N5O. The topological polar surface area (TPSA) is 85.8 Å². The molecule has 2 rings (SSSR count).